The molecule has 2 aromatic rings. The number of nitrogens with zero attached hydrogens (tertiary/aromatic N) is 2. The molecule has 0 atom stereocenters. The van der Waals surface area contributed by atoms with Crippen LogP contribution in [0.5, 0.6) is 0 Å². The zero-order valence-electron chi connectivity index (χ0n) is 10.0. The van der Waals surface area contributed by atoms with Crippen LogP contribution in [0.3, 0.4) is 0 Å². The maximum atomic E-state index is 12.9. The Morgan fingerprint density at radius 3 is 2.89 bits per heavy atom. The minimum Gasteiger partial charge on any atom is -0.478 e. The fourth-order valence-corrected chi connectivity index (χ4v) is 1.60. The fraction of sp³-hybridized carbons (Fsp3) is 0.154. The number of pyridine rings is 2. The number of rotatable bonds is 5. The lowest BCUT2D eigenvalue weighted by Crippen LogP contribution is -2.12. The normalized spacial score (nSPS) is 10.2. The molecule has 0 saturated carbocycles. The largest absolute Gasteiger partial charge is 0.478 e. The van der Waals surface area contributed by atoms with Gasteiger partial charge in [-0.05, 0) is 18.2 Å². The molecular weight excluding hydrogens is 249 g/mol. The minimum absolute atomic E-state index is 0.157. The first-order chi connectivity index (χ1) is 9.16. The van der Waals surface area contributed by atoms with Crippen molar-refractivity contribution in [3.05, 3.63) is 53.7 Å². The molecule has 0 aromatic carbocycles. The van der Waals surface area contributed by atoms with Gasteiger partial charge >= 0.3 is 5.97 Å². The molecule has 5 nitrogen and oxygen atoms in total. The highest BCUT2D eigenvalue weighted by atomic mass is 19.1. The van der Waals surface area contributed by atoms with Crippen LogP contribution in [0.4, 0.5) is 10.2 Å². The molecule has 0 bridgehead atoms. The van der Waals surface area contributed by atoms with Crippen LogP contribution < -0.4 is 5.32 Å². The molecule has 0 unspecified atom stereocenters. The maximum Gasteiger partial charge on any atom is 0.339 e. The molecule has 0 fully saturated rings. The molecule has 0 radical (unpaired) electrons. The SMILES string of the molecule is O=C(O)c1cc(F)cnc1NCCc1ccccn1. The van der Waals surface area contributed by atoms with Gasteiger partial charge < -0.3 is 10.4 Å². The molecule has 2 heterocycles. The van der Waals surface area contributed by atoms with Crippen LogP contribution in [-0.4, -0.2) is 27.6 Å². The average molecular weight is 261 g/mol. The van der Waals surface area contributed by atoms with E-state index in [1.807, 2.05) is 18.2 Å². The summed E-state index contributed by atoms with van der Waals surface area (Å²) in [5, 5.41) is 11.8. The van der Waals surface area contributed by atoms with E-state index in [0.29, 0.717) is 13.0 Å². The van der Waals surface area contributed by atoms with E-state index in [-0.39, 0.29) is 11.4 Å². The molecule has 0 spiro atoms. The summed E-state index contributed by atoms with van der Waals surface area (Å²) in [5.41, 5.74) is 0.704. The molecule has 19 heavy (non-hydrogen) atoms. The van der Waals surface area contributed by atoms with Crippen LogP contribution in [-0.2, 0) is 6.42 Å². The monoisotopic (exact) mass is 261 g/mol. The Bertz CT molecular complexity index is 575. The lowest BCUT2D eigenvalue weighted by Gasteiger charge is -2.08. The third-order valence-electron chi connectivity index (χ3n) is 2.48. The van der Waals surface area contributed by atoms with Crippen LogP contribution in [0.25, 0.3) is 0 Å². The van der Waals surface area contributed by atoms with Crippen molar-refractivity contribution in [2.24, 2.45) is 0 Å². The van der Waals surface area contributed by atoms with Crippen LogP contribution in [0.2, 0.25) is 0 Å². The quantitative estimate of drug-likeness (QED) is 0.860. The maximum absolute atomic E-state index is 12.9. The minimum atomic E-state index is -1.22. The Morgan fingerprint density at radius 1 is 1.37 bits per heavy atom. The zero-order valence-corrected chi connectivity index (χ0v) is 10.0. The number of carboxylic acid groups (broad SMARTS) is 1. The molecule has 6 heteroatoms. The van der Waals surface area contributed by atoms with Crippen LogP contribution >= 0.6 is 0 Å². The molecule has 0 amide bonds. The van der Waals surface area contributed by atoms with Gasteiger partial charge in [0.1, 0.15) is 17.2 Å². The summed E-state index contributed by atoms with van der Waals surface area (Å²) < 4.78 is 12.9. The van der Waals surface area contributed by atoms with E-state index < -0.39 is 11.8 Å². The van der Waals surface area contributed by atoms with Crippen molar-refractivity contribution in [2.45, 2.75) is 6.42 Å². The van der Waals surface area contributed by atoms with E-state index in [2.05, 4.69) is 15.3 Å². The number of aromatic carboxylic acids is 1. The highest BCUT2D eigenvalue weighted by Crippen LogP contribution is 2.13. The summed E-state index contributed by atoms with van der Waals surface area (Å²) in [6.45, 7) is 0.468. The van der Waals surface area contributed by atoms with Crippen molar-refractivity contribution in [3.63, 3.8) is 0 Å². The van der Waals surface area contributed by atoms with Crippen molar-refractivity contribution in [1.82, 2.24) is 9.97 Å². The molecular formula is C13H12FN3O2. The summed E-state index contributed by atoms with van der Waals surface area (Å²) in [7, 11) is 0. The topological polar surface area (TPSA) is 75.1 Å². The highest BCUT2D eigenvalue weighted by Gasteiger charge is 2.12. The van der Waals surface area contributed by atoms with Crippen LogP contribution in [0.15, 0.2) is 36.7 Å². The summed E-state index contributed by atoms with van der Waals surface area (Å²) in [6, 6.07) is 6.51. The van der Waals surface area contributed by atoms with E-state index in [0.717, 1.165) is 18.0 Å². The number of carbonyl (C=O) groups is 1. The van der Waals surface area contributed by atoms with Crippen molar-refractivity contribution >= 4 is 11.8 Å². The van der Waals surface area contributed by atoms with Gasteiger partial charge in [-0.1, -0.05) is 6.07 Å². The molecule has 98 valence electrons. The van der Waals surface area contributed by atoms with Crippen molar-refractivity contribution < 1.29 is 14.3 Å². The van der Waals surface area contributed by atoms with Gasteiger partial charge in [0.05, 0.1) is 6.20 Å². The van der Waals surface area contributed by atoms with Gasteiger partial charge in [-0.15, -0.1) is 0 Å². The predicted molar refractivity (Wildman–Crippen MR) is 67.6 cm³/mol. The molecule has 0 aliphatic rings. The third kappa shape index (κ3) is 3.48. The van der Waals surface area contributed by atoms with Crippen molar-refractivity contribution in [1.29, 1.82) is 0 Å². The summed E-state index contributed by atoms with van der Waals surface area (Å²) in [4.78, 5) is 18.8. The van der Waals surface area contributed by atoms with Gasteiger partial charge in [0.25, 0.3) is 0 Å². The van der Waals surface area contributed by atoms with E-state index in [9.17, 15) is 9.18 Å². The fourth-order valence-electron chi connectivity index (χ4n) is 1.60. The second-order valence-corrected chi connectivity index (χ2v) is 3.85. The third-order valence-corrected chi connectivity index (χ3v) is 2.48. The number of hydrogen-bond donors (Lipinski definition) is 2. The first kappa shape index (κ1) is 12.9. The van der Waals surface area contributed by atoms with E-state index in [4.69, 9.17) is 5.11 Å². The Morgan fingerprint density at radius 2 is 2.21 bits per heavy atom. The van der Waals surface area contributed by atoms with E-state index in [1.54, 1.807) is 6.20 Å². The lowest BCUT2D eigenvalue weighted by atomic mass is 10.2. The summed E-state index contributed by atoms with van der Waals surface area (Å²) >= 11 is 0. The standard InChI is InChI=1S/C13H12FN3O2/c14-9-7-11(13(18)19)12(17-8-9)16-6-4-10-3-1-2-5-15-10/h1-3,5,7-8H,4,6H2,(H,16,17)(H,18,19). The molecule has 2 rings (SSSR count). The Labute approximate surface area is 109 Å². The van der Waals surface area contributed by atoms with Crippen LogP contribution in [0, 0.1) is 5.82 Å². The summed E-state index contributed by atoms with van der Waals surface area (Å²) in [6.07, 6.45) is 3.29. The van der Waals surface area contributed by atoms with Crippen LogP contribution in [0.1, 0.15) is 16.1 Å². The zero-order chi connectivity index (χ0) is 13.7. The van der Waals surface area contributed by atoms with Gasteiger partial charge in [-0.25, -0.2) is 14.2 Å². The first-order valence-electron chi connectivity index (χ1n) is 5.69. The Kier molecular flexibility index (Phi) is 4.02. The first-order valence-corrected chi connectivity index (χ1v) is 5.69. The summed E-state index contributed by atoms with van der Waals surface area (Å²) in [5.74, 6) is -1.73. The number of anilines is 1. The smallest absolute Gasteiger partial charge is 0.339 e. The predicted octanol–water partition coefficient (Wildman–Crippen LogP) is 1.97. The van der Waals surface area contributed by atoms with Crippen molar-refractivity contribution in [3.8, 4) is 0 Å². The molecule has 2 aromatic heterocycles. The van der Waals surface area contributed by atoms with Gasteiger partial charge in [0.15, 0.2) is 0 Å². The highest BCUT2D eigenvalue weighted by molar-refractivity contribution is 5.93. The molecule has 0 aliphatic heterocycles. The lowest BCUT2D eigenvalue weighted by molar-refractivity contribution is 0.0697. The van der Waals surface area contributed by atoms with Gasteiger partial charge in [-0.3, -0.25) is 4.98 Å². The van der Waals surface area contributed by atoms with Crippen molar-refractivity contribution in [2.75, 3.05) is 11.9 Å². The van der Waals surface area contributed by atoms with Gasteiger partial charge in [0, 0.05) is 24.9 Å². The number of carboxylic acids is 1. The second-order valence-electron chi connectivity index (χ2n) is 3.85. The molecule has 0 aliphatic carbocycles. The van der Waals surface area contributed by atoms with Gasteiger partial charge in [-0.2, -0.15) is 0 Å². The van der Waals surface area contributed by atoms with E-state index >= 15 is 0 Å². The number of hydrogen-bond acceptors (Lipinski definition) is 4. The number of halogens is 1. The van der Waals surface area contributed by atoms with Gasteiger partial charge in [0.2, 0.25) is 0 Å². The number of nitrogens with one attached hydrogen (secondary N) is 1. The van der Waals surface area contributed by atoms with E-state index in [1.165, 1.54) is 0 Å². The molecule has 2 N–H and O–H groups in total. The average Bonchev–Trinajstić information content (AvgIpc) is 2.41. The second kappa shape index (κ2) is 5.90. The Balaban J connectivity index is 2.02. The number of aromatic nitrogens is 2. The molecule has 0 saturated heterocycles. The Hall–Kier alpha value is -2.50.